The van der Waals surface area contributed by atoms with Gasteiger partial charge in [0.15, 0.2) is 0 Å². The molecule has 0 spiro atoms. The van der Waals surface area contributed by atoms with Crippen LogP contribution >= 0.6 is 10.2 Å². The van der Waals surface area contributed by atoms with Crippen molar-refractivity contribution in [2.24, 2.45) is 0 Å². The molecule has 2 aromatic rings. The Morgan fingerprint density at radius 3 is 2.26 bits per heavy atom. The molecule has 3 atom stereocenters. The summed E-state index contributed by atoms with van der Waals surface area (Å²) in [6, 6.07) is 2.13. The van der Waals surface area contributed by atoms with Crippen LogP contribution in [0.5, 0.6) is 0 Å². The molecule has 2 fully saturated rings. The standard InChI is InChI=1S/C29H40F5N5O2S/c1-6-41-25-16-22-15-23(42(30,31,32,33)34)7-8-24(22)27(25)39-14-13-38(17-19(39)2)29(5)9-11-37(12-10-29)28(40)26-20(3)35-18-36-21(26)4/h7-8,15,18-19,25,27H,6,9-14,16-17H2,1-5H3/t19-,25+,27+/m0/s1. The third kappa shape index (κ3) is 5.89. The Labute approximate surface area is 244 Å². The molecule has 0 saturated carbocycles. The minimum absolute atomic E-state index is 0.0407. The second-order valence-corrected chi connectivity index (χ2v) is 14.6. The summed E-state index contributed by atoms with van der Waals surface area (Å²) < 4.78 is 73.7. The highest BCUT2D eigenvalue weighted by molar-refractivity contribution is 8.45. The van der Waals surface area contributed by atoms with Crippen molar-refractivity contribution in [3.8, 4) is 0 Å². The van der Waals surface area contributed by atoms with Crippen LogP contribution in [-0.4, -0.2) is 87.6 Å². The number of aryl methyl sites for hydroxylation is 2. The number of nitrogens with zero attached hydrogens (tertiary/aromatic N) is 5. The lowest BCUT2D eigenvalue weighted by Gasteiger charge is -2.53. The number of fused-ring (bicyclic) bond motifs is 1. The number of aromatic nitrogens is 2. The molecule has 5 rings (SSSR count). The SMILES string of the molecule is CCO[C@@H]1Cc2cc(S(F)(F)(F)(F)F)ccc2[C@H]1N1CCN(C2(C)CCN(C(=O)c3c(C)ncnc3C)CC2)C[C@@H]1C. The summed E-state index contributed by atoms with van der Waals surface area (Å²) in [6.07, 6.45) is 2.83. The number of carbonyl (C=O) groups excluding carboxylic acids is 1. The Balaban J connectivity index is 1.29. The number of ether oxygens (including phenoxy) is 1. The maximum absolute atomic E-state index is 13.5. The van der Waals surface area contributed by atoms with E-state index >= 15 is 0 Å². The van der Waals surface area contributed by atoms with E-state index in [1.807, 2.05) is 25.7 Å². The molecule has 0 N–H and O–H groups in total. The topological polar surface area (TPSA) is 61.8 Å². The summed E-state index contributed by atoms with van der Waals surface area (Å²) in [7, 11) is -9.78. The highest BCUT2D eigenvalue weighted by Gasteiger charge is 2.65. The number of halogens is 5. The van der Waals surface area contributed by atoms with E-state index in [-0.39, 0.29) is 35.5 Å². The van der Waals surface area contributed by atoms with Crippen molar-refractivity contribution in [1.82, 2.24) is 24.7 Å². The van der Waals surface area contributed by atoms with Gasteiger partial charge in [-0.2, -0.15) is 0 Å². The first-order valence-corrected chi connectivity index (χ1v) is 16.4. The Kier molecular flexibility index (Phi) is 7.48. The molecule has 0 bridgehead atoms. The van der Waals surface area contributed by atoms with Gasteiger partial charge in [-0.15, -0.1) is 0 Å². The molecule has 0 radical (unpaired) electrons. The van der Waals surface area contributed by atoms with Gasteiger partial charge >= 0.3 is 10.2 Å². The van der Waals surface area contributed by atoms with Crippen molar-refractivity contribution in [3.63, 3.8) is 0 Å². The number of carbonyl (C=O) groups is 1. The van der Waals surface area contributed by atoms with E-state index in [0.29, 0.717) is 60.9 Å². The van der Waals surface area contributed by atoms with Crippen LogP contribution in [0.15, 0.2) is 29.4 Å². The lowest BCUT2D eigenvalue weighted by molar-refractivity contribution is -0.0630. The van der Waals surface area contributed by atoms with Gasteiger partial charge in [0.2, 0.25) is 0 Å². The van der Waals surface area contributed by atoms with Crippen LogP contribution in [-0.2, 0) is 11.2 Å². The molecule has 2 aliphatic heterocycles. The molecule has 3 heterocycles. The summed E-state index contributed by atoms with van der Waals surface area (Å²) >= 11 is 0. The molecule has 0 unspecified atom stereocenters. The molecule has 42 heavy (non-hydrogen) atoms. The fourth-order valence-electron chi connectivity index (χ4n) is 7.02. The molecule has 1 amide bonds. The maximum atomic E-state index is 13.5. The maximum Gasteiger partial charge on any atom is 0.310 e. The molecule has 1 aromatic heterocycles. The zero-order valence-electron chi connectivity index (χ0n) is 24.8. The monoisotopic (exact) mass is 617 g/mol. The second kappa shape index (κ2) is 10.1. The molecule has 234 valence electrons. The van der Waals surface area contributed by atoms with Crippen molar-refractivity contribution < 1.29 is 29.0 Å². The van der Waals surface area contributed by atoms with Gasteiger partial charge in [0.25, 0.3) is 5.91 Å². The van der Waals surface area contributed by atoms with Gasteiger partial charge in [-0.25, -0.2) is 9.97 Å². The Bertz CT molecular complexity index is 1350. The van der Waals surface area contributed by atoms with Crippen LogP contribution < -0.4 is 0 Å². The minimum Gasteiger partial charge on any atom is -0.376 e. The first-order valence-electron chi connectivity index (χ1n) is 14.5. The first-order chi connectivity index (χ1) is 19.4. The molecule has 1 aromatic carbocycles. The number of rotatable bonds is 6. The smallest absolute Gasteiger partial charge is 0.310 e. The predicted molar refractivity (Wildman–Crippen MR) is 152 cm³/mol. The summed E-state index contributed by atoms with van der Waals surface area (Å²) in [5, 5.41) is 0. The van der Waals surface area contributed by atoms with Gasteiger partial charge in [0, 0.05) is 57.3 Å². The Hall–Kier alpha value is -2.35. The van der Waals surface area contributed by atoms with Gasteiger partial charge in [-0.1, -0.05) is 25.5 Å². The number of hydrogen-bond donors (Lipinski definition) is 0. The van der Waals surface area contributed by atoms with Gasteiger partial charge in [0.1, 0.15) is 11.2 Å². The van der Waals surface area contributed by atoms with Crippen LogP contribution in [0, 0.1) is 13.8 Å². The van der Waals surface area contributed by atoms with Crippen LogP contribution in [0.3, 0.4) is 0 Å². The van der Waals surface area contributed by atoms with Crippen molar-refractivity contribution in [1.29, 1.82) is 0 Å². The van der Waals surface area contributed by atoms with Crippen LogP contribution in [0.2, 0.25) is 0 Å². The number of hydrogen-bond acceptors (Lipinski definition) is 6. The van der Waals surface area contributed by atoms with E-state index in [0.717, 1.165) is 25.9 Å². The molecule has 13 heteroatoms. The molecule has 7 nitrogen and oxygen atoms in total. The molecular formula is C29H40F5N5O2S. The van der Waals surface area contributed by atoms with Gasteiger partial charge in [-0.05, 0) is 70.7 Å². The zero-order chi connectivity index (χ0) is 30.7. The fourth-order valence-corrected chi connectivity index (χ4v) is 7.71. The summed E-state index contributed by atoms with van der Waals surface area (Å²) in [6.45, 7) is 13.6. The average molecular weight is 618 g/mol. The minimum atomic E-state index is -9.78. The molecular weight excluding hydrogens is 577 g/mol. The van der Waals surface area contributed by atoms with E-state index in [2.05, 4.69) is 33.6 Å². The Morgan fingerprint density at radius 1 is 1.05 bits per heavy atom. The number of amides is 1. The molecule has 3 aliphatic rings. The van der Waals surface area contributed by atoms with Crippen molar-refractivity contribution in [3.05, 3.63) is 52.6 Å². The second-order valence-electron chi connectivity index (χ2n) is 12.2. The van der Waals surface area contributed by atoms with Crippen molar-refractivity contribution in [2.45, 2.75) is 82.5 Å². The summed E-state index contributed by atoms with van der Waals surface area (Å²) in [4.78, 5) is 26.4. The van der Waals surface area contributed by atoms with Crippen LogP contribution in [0.4, 0.5) is 19.4 Å². The van der Waals surface area contributed by atoms with Gasteiger partial charge in [-0.3, -0.25) is 14.6 Å². The van der Waals surface area contributed by atoms with Crippen LogP contribution in [0.1, 0.15) is 72.5 Å². The van der Waals surface area contributed by atoms with E-state index < -0.39 is 21.2 Å². The van der Waals surface area contributed by atoms with Gasteiger partial charge < -0.3 is 9.64 Å². The number of piperazine rings is 1. The van der Waals surface area contributed by atoms with Crippen molar-refractivity contribution >= 4 is 16.1 Å². The lowest BCUT2D eigenvalue weighted by Crippen LogP contribution is -2.62. The van der Waals surface area contributed by atoms with Crippen molar-refractivity contribution in [2.75, 3.05) is 39.3 Å². The van der Waals surface area contributed by atoms with E-state index in [9.17, 15) is 24.2 Å². The third-order valence-electron chi connectivity index (χ3n) is 9.40. The highest BCUT2D eigenvalue weighted by Crippen LogP contribution is 3.02. The molecule has 2 saturated heterocycles. The first kappa shape index (κ1) is 31.1. The van der Waals surface area contributed by atoms with Crippen LogP contribution in [0.25, 0.3) is 0 Å². The normalized spacial score (nSPS) is 26.9. The number of piperidine rings is 1. The van der Waals surface area contributed by atoms with Gasteiger partial charge in [0.05, 0.1) is 29.1 Å². The fraction of sp³-hybridized carbons (Fsp3) is 0.621. The lowest BCUT2D eigenvalue weighted by atomic mass is 9.86. The number of likely N-dealkylation sites (tertiary alicyclic amines) is 1. The molecule has 1 aliphatic carbocycles. The number of benzene rings is 1. The van der Waals surface area contributed by atoms with E-state index in [1.165, 1.54) is 12.4 Å². The largest absolute Gasteiger partial charge is 0.376 e. The quantitative estimate of drug-likeness (QED) is 0.347. The van der Waals surface area contributed by atoms with E-state index in [1.54, 1.807) is 0 Å². The zero-order valence-corrected chi connectivity index (χ0v) is 25.6. The summed E-state index contributed by atoms with van der Waals surface area (Å²) in [5.74, 6) is -0.0407. The predicted octanol–water partition coefficient (Wildman–Crippen LogP) is 6.45. The summed E-state index contributed by atoms with van der Waals surface area (Å²) in [5.41, 5.74) is 2.71. The third-order valence-corrected chi connectivity index (χ3v) is 10.5. The average Bonchev–Trinajstić information content (AvgIpc) is 3.25. The highest BCUT2D eigenvalue weighted by atomic mass is 32.5. The van der Waals surface area contributed by atoms with E-state index in [4.69, 9.17) is 4.74 Å². The Morgan fingerprint density at radius 2 is 1.69 bits per heavy atom.